The predicted molar refractivity (Wildman–Crippen MR) is 89.2 cm³/mol. The molecule has 2 aromatic carbocycles. The molecule has 0 fully saturated rings. The van der Waals surface area contributed by atoms with Crippen LogP contribution in [0.1, 0.15) is 35.6 Å². The van der Waals surface area contributed by atoms with E-state index >= 15 is 0 Å². The van der Waals surface area contributed by atoms with Gasteiger partial charge in [-0.3, -0.25) is 0 Å². The van der Waals surface area contributed by atoms with Crippen molar-refractivity contribution in [1.29, 1.82) is 0 Å². The molecular formula is C18H21NOS. The van der Waals surface area contributed by atoms with Gasteiger partial charge in [-0.05, 0) is 31.5 Å². The van der Waals surface area contributed by atoms with E-state index < -0.39 is 0 Å². The molecule has 3 heteroatoms. The highest BCUT2D eigenvalue weighted by Gasteiger charge is 2.23. The molecule has 1 aliphatic rings. The highest BCUT2D eigenvalue weighted by molar-refractivity contribution is 7.99. The van der Waals surface area contributed by atoms with Gasteiger partial charge in [0.05, 0.1) is 6.61 Å². The third-order valence-electron chi connectivity index (χ3n) is 3.89. The Labute approximate surface area is 130 Å². The third kappa shape index (κ3) is 3.09. The molecule has 0 spiro atoms. The van der Waals surface area contributed by atoms with Gasteiger partial charge in [-0.15, -0.1) is 11.8 Å². The van der Waals surface area contributed by atoms with E-state index in [1.54, 1.807) is 0 Å². The molecule has 2 N–H and O–H groups in total. The lowest BCUT2D eigenvalue weighted by molar-refractivity contribution is 0.294. The molecule has 0 amide bonds. The van der Waals surface area contributed by atoms with Crippen molar-refractivity contribution in [3.63, 3.8) is 0 Å². The van der Waals surface area contributed by atoms with Gasteiger partial charge in [-0.25, -0.2) is 0 Å². The number of benzene rings is 2. The van der Waals surface area contributed by atoms with Gasteiger partial charge in [-0.2, -0.15) is 0 Å². The molecule has 0 aliphatic carbocycles. The largest absolute Gasteiger partial charge is 0.493 e. The zero-order chi connectivity index (χ0) is 14.8. The smallest absolute Gasteiger partial charge is 0.124 e. The molecule has 110 valence electrons. The normalized spacial score (nSPS) is 18.3. The second kappa shape index (κ2) is 6.12. The van der Waals surface area contributed by atoms with E-state index in [2.05, 4.69) is 43.3 Å². The van der Waals surface area contributed by atoms with Gasteiger partial charge in [-0.1, -0.05) is 35.9 Å². The molecular weight excluding hydrogens is 278 g/mol. The van der Waals surface area contributed by atoms with Gasteiger partial charge in [0.25, 0.3) is 0 Å². The molecule has 1 unspecified atom stereocenters. The molecule has 0 saturated heterocycles. The van der Waals surface area contributed by atoms with E-state index in [0.29, 0.717) is 12.5 Å². The van der Waals surface area contributed by atoms with Crippen molar-refractivity contribution in [1.82, 2.24) is 0 Å². The second-order valence-electron chi connectivity index (χ2n) is 5.69. The Balaban J connectivity index is 1.75. The number of aryl methyl sites for hydroxylation is 1. The van der Waals surface area contributed by atoms with Gasteiger partial charge in [0.2, 0.25) is 0 Å². The fourth-order valence-electron chi connectivity index (χ4n) is 2.71. The van der Waals surface area contributed by atoms with Crippen LogP contribution in [-0.2, 0) is 0 Å². The van der Waals surface area contributed by atoms with Crippen LogP contribution in [0.25, 0.3) is 0 Å². The lowest BCUT2D eigenvalue weighted by atomic mass is 10.0. The predicted octanol–water partition coefficient (Wildman–Crippen LogP) is 4.28. The highest BCUT2D eigenvalue weighted by atomic mass is 32.2. The summed E-state index contributed by atoms with van der Waals surface area (Å²) in [4.78, 5) is 1.39. The fraction of sp³-hybridized carbons (Fsp3) is 0.333. The van der Waals surface area contributed by atoms with Crippen LogP contribution < -0.4 is 10.5 Å². The number of ether oxygens (including phenoxy) is 1. The average Bonchev–Trinajstić information content (AvgIpc) is 2.89. The van der Waals surface area contributed by atoms with Crippen LogP contribution in [0.15, 0.2) is 47.4 Å². The lowest BCUT2D eigenvalue weighted by Gasteiger charge is -2.17. The van der Waals surface area contributed by atoms with Crippen LogP contribution >= 0.6 is 11.8 Å². The summed E-state index contributed by atoms with van der Waals surface area (Å²) in [5.74, 6) is 2.48. The van der Waals surface area contributed by atoms with Crippen molar-refractivity contribution in [2.75, 3.05) is 12.4 Å². The van der Waals surface area contributed by atoms with E-state index in [4.69, 9.17) is 10.5 Å². The van der Waals surface area contributed by atoms with E-state index in [1.807, 2.05) is 24.8 Å². The maximum absolute atomic E-state index is 6.10. The van der Waals surface area contributed by atoms with E-state index in [9.17, 15) is 0 Å². The molecule has 2 aromatic rings. The van der Waals surface area contributed by atoms with Crippen molar-refractivity contribution in [3.05, 3.63) is 59.2 Å². The molecule has 21 heavy (non-hydrogen) atoms. The topological polar surface area (TPSA) is 35.2 Å². The van der Waals surface area contributed by atoms with Gasteiger partial charge in [0.1, 0.15) is 5.75 Å². The van der Waals surface area contributed by atoms with Gasteiger partial charge in [0, 0.05) is 28.2 Å². The first-order valence-corrected chi connectivity index (χ1v) is 8.34. The summed E-state index contributed by atoms with van der Waals surface area (Å²) in [7, 11) is 0. The summed E-state index contributed by atoms with van der Waals surface area (Å²) >= 11 is 1.92. The Kier molecular flexibility index (Phi) is 4.22. The van der Waals surface area contributed by atoms with Gasteiger partial charge >= 0.3 is 0 Å². The first kappa shape index (κ1) is 14.5. The molecule has 1 aliphatic heterocycles. The zero-order valence-corrected chi connectivity index (χ0v) is 13.3. The minimum Gasteiger partial charge on any atom is -0.493 e. The first-order chi connectivity index (χ1) is 10.1. The number of hydrogen-bond donors (Lipinski definition) is 1. The molecule has 0 saturated carbocycles. The minimum atomic E-state index is -0.00913. The number of thioether (sulfide) groups is 1. The number of rotatable bonds is 4. The monoisotopic (exact) mass is 299 g/mol. The van der Waals surface area contributed by atoms with E-state index in [-0.39, 0.29) is 6.04 Å². The Bertz CT molecular complexity index is 639. The van der Waals surface area contributed by atoms with Crippen LogP contribution in [0.5, 0.6) is 5.75 Å². The van der Waals surface area contributed by atoms with Crippen molar-refractivity contribution >= 4 is 11.8 Å². The molecule has 0 bridgehead atoms. The molecule has 0 radical (unpaired) electrons. The number of nitrogens with two attached hydrogens (primary N) is 1. The third-order valence-corrected chi connectivity index (χ3v) is 5.15. The first-order valence-electron chi connectivity index (χ1n) is 7.36. The number of fused-ring (bicyclic) bond motifs is 1. The fourth-order valence-corrected chi connectivity index (χ4v) is 3.95. The average molecular weight is 299 g/mol. The summed E-state index contributed by atoms with van der Waals surface area (Å²) in [5, 5.41) is 0. The zero-order valence-electron chi connectivity index (χ0n) is 12.5. The van der Waals surface area contributed by atoms with Crippen molar-refractivity contribution in [3.8, 4) is 5.75 Å². The highest BCUT2D eigenvalue weighted by Crippen LogP contribution is 2.39. The van der Waals surface area contributed by atoms with E-state index in [1.165, 1.54) is 16.0 Å². The van der Waals surface area contributed by atoms with E-state index in [0.717, 1.165) is 17.1 Å². The Morgan fingerprint density at radius 1 is 1.29 bits per heavy atom. The van der Waals surface area contributed by atoms with Crippen LogP contribution in [0.3, 0.4) is 0 Å². The summed E-state index contributed by atoms with van der Waals surface area (Å²) in [6.45, 7) is 4.80. The summed E-state index contributed by atoms with van der Waals surface area (Å²) in [6.07, 6.45) is 0. The Hall–Kier alpha value is -1.45. The minimum absolute atomic E-state index is 0.00913. The van der Waals surface area contributed by atoms with Crippen LogP contribution in [0.2, 0.25) is 0 Å². The molecule has 3 rings (SSSR count). The summed E-state index contributed by atoms with van der Waals surface area (Å²) in [6, 6.07) is 14.9. The van der Waals surface area contributed by atoms with Crippen molar-refractivity contribution in [2.24, 2.45) is 5.73 Å². The maximum atomic E-state index is 6.10. The molecule has 2 nitrogen and oxygen atoms in total. The van der Waals surface area contributed by atoms with Crippen molar-refractivity contribution in [2.45, 2.75) is 30.7 Å². The standard InChI is InChI=1S/C18H21NOS/c1-12-7-8-17(16(9-12)13(2)19)20-10-14-11-21-18-6-4-3-5-15(14)18/h3-9,13-14H,10-11,19H2,1-2H3/t13-,14?/m1/s1. The summed E-state index contributed by atoms with van der Waals surface area (Å²) in [5.41, 5.74) is 9.78. The number of hydrogen-bond acceptors (Lipinski definition) is 3. The van der Waals surface area contributed by atoms with Crippen LogP contribution in [0.4, 0.5) is 0 Å². The van der Waals surface area contributed by atoms with Gasteiger partial charge < -0.3 is 10.5 Å². The quantitative estimate of drug-likeness (QED) is 0.915. The maximum Gasteiger partial charge on any atom is 0.124 e. The molecule has 2 atom stereocenters. The van der Waals surface area contributed by atoms with Crippen LogP contribution in [-0.4, -0.2) is 12.4 Å². The molecule has 0 aromatic heterocycles. The Morgan fingerprint density at radius 2 is 2.10 bits per heavy atom. The van der Waals surface area contributed by atoms with Crippen LogP contribution in [0, 0.1) is 6.92 Å². The second-order valence-corrected chi connectivity index (χ2v) is 6.75. The summed E-state index contributed by atoms with van der Waals surface area (Å²) < 4.78 is 6.10. The van der Waals surface area contributed by atoms with Gasteiger partial charge in [0.15, 0.2) is 0 Å². The lowest BCUT2D eigenvalue weighted by Crippen LogP contribution is -2.13. The molecule has 1 heterocycles. The van der Waals surface area contributed by atoms with Crippen molar-refractivity contribution < 1.29 is 4.74 Å². The SMILES string of the molecule is Cc1ccc(OCC2CSc3ccccc32)c([C@@H](C)N)c1. The Morgan fingerprint density at radius 3 is 2.90 bits per heavy atom.